The molecule has 1 N–H and O–H groups in total. The first-order valence-electron chi connectivity index (χ1n) is 9.01. The summed E-state index contributed by atoms with van der Waals surface area (Å²) in [6, 6.07) is 12.2. The fraction of sp³-hybridized carbons (Fsp3) is 0.476. The lowest BCUT2D eigenvalue weighted by molar-refractivity contribution is -0.122. The molecule has 2 aromatic carbocycles. The molecule has 0 saturated heterocycles. The Morgan fingerprint density at radius 3 is 2.52 bits per heavy atom. The van der Waals surface area contributed by atoms with Crippen LogP contribution in [-0.4, -0.2) is 45.1 Å². The Labute approximate surface area is 151 Å². The number of carbonyl (C=O) groups excluding carboxylic acids is 1. The number of unbranched alkanes of at least 4 members (excludes halogenated alkanes) is 2. The minimum atomic E-state index is -0.145. The first kappa shape index (κ1) is 19.3. The van der Waals surface area contributed by atoms with Crippen LogP contribution in [0.2, 0.25) is 0 Å². The summed E-state index contributed by atoms with van der Waals surface area (Å²) in [5.74, 6) is 0.800. The maximum Gasteiger partial charge on any atom is 0.227 e. The normalized spacial score (nSPS) is 12.4. The summed E-state index contributed by atoms with van der Waals surface area (Å²) in [7, 11) is 5.84. The summed E-state index contributed by atoms with van der Waals surface area (Å²) in [4.78, 5) is 14.6. The maximum absolute atomic E-state index is 12.4. The van der Waals surface area contributed by atoms with Gasteiger partial charge in [-0.25, -0.2) is 0 Å². The van der Waals surface area contributed by atoms with E-state index < -0.39 is 0 Å². The Morgan fingerprint density at radius 2 is 1.80 bits per heavy atom. The van der Waals surface area contributed by atoms with Gasteiger partial charge in [-0.2, -0.15) is 0 Å². The molecule has 4 nitrogen and oxygen atoms in total. The number of methoxy groups -OCH3 is 1. The summed E-state index contributed by atoms with van der Waals surface area (Å²) in [6.45, 7) is 3.82. The fourth-order valence-corrected chi connectivity index (χ4v) is 2.88. The van der Waals surface area contributed by atoms with E-state index in [0.29, 0.717) is 0 Å². The van der Waals surface area contributed by atoms with Crippen molar-refractivity contribution >= 4 is 16.7 Å². The van der Waals surface area contributed by atoms with Gasteiger partial charge in [0, 0.05) is 6.54 Å². The van der Waals surface area contributed by atoms with Gasteiger partial charge in [0.25, 0.3) is 0 Å². The van der Waals surface area contributed by atoms with Gasteiger partial charge in [0.15, 0.2) is 0 Å². The molecule has 0 saturated carbocycles. The highest BCUT2D eigenvalue weighted by Gasteiger charge is 2.15. The minimum absolute atomic E-state index is 0.0977. The predicted octanol–water partition coefficient (Wildman–Crippen LogP) is 3.80. The number of carbonyl (C=O) groups is 1. The zero-order valence-corrected chi connectivity index (χ0v) is 15.8. The van der Waals surface area contributed by atoms with Crippen LogP contribution in [0.25, 0.3) is 10.8 Å². The Balaban J connectivity index is 1.87. The number of benzene rings is 2. The standard InChI is InChI=1S/C21H30N2O2/c1-16(21(24)22-12-6-5-7-13-23(2)3)17-8-9-19-15-20(25-4)11-10-18(19)14-17/h8-11,14-16H,5-7,12-13H2,1-4H3,(H,22,24). The van der Waals surface area contributed by atoms with Gasteiger partial charge in [0.05, 0.1) is 13.0 Å². The lowest BCUT2D eigenvalue weighted by Gasteiger charge is -2.14. The van der Waals surface area contributed by atoms with Gasteiger partial charge in [0.1, 0.15) is 5.75 Å². The highest BCUT2D eigenvalue weighted by Crippen LogP contribution is 2.25. The lowest BCUT2D eigenvalue weighted by atomic mass is 9.97. The van der Waals surface area contributed by atoms with Crippen molar-refractivity contribution in [2.45, 2.75) is 32.1 Å². The fourth-order valence-electron chi connectivity index (χ4n) is 2.88. The molecule has 2 aromatic rings. The predicted molar refractivity (Wildman–Crippen MR) is 104 cm³/mol. The first-order valence-corrected chi connectivity index (χ1v) is 9.01. The second-order valence-electron chi connectivity index (χ2n) is 6.85. The molecule has 0 bridgehead atoms. The van der Waals surface area contributed by atoms with E-state index >= 15 is 0 Å². The highest BCUT2D eigenvalue weighted by molar-refractivity contribution is 5.88. The smallest absolute Gasteiger partial charge is 0.227 e. The van der Waals surface area contributed by atoms with Gasteiger partial charge in [-0.05, 0) is 68.9 Å². The van der Waals surface area contributed by atoms with Crippen LogP contribution in [0.3, 0.4) is 0 Å². The third kappa shape index (κ3) is 5.75. The summed E-state index contributed by atoms with van der Waals surface area (Å²) in [6.07, 6.45) is 3.35. The van der Waals surface area contributed by atoms with Crippen LogP contribution < -0.4 is 10.1 Å². The molecular weight excluding hydrogens is 312 g/mol. The summed E-state index contributed by atoms with van der Waals surface area (Å²) >= 11 is 0. The largest absolute Gasteiger partial charge is 0.497 e. The van der Waals surface area contributed by atoms with Crippen molar-refractivity contribution in [3.63, 3.8) is 0 Å². The van der Waals surface area contributed by atoms with Crippen LogP contribution >= 0.6 is 0 Å². The molecule has 4 heteroatoms. The summed E-state index contributed by atoms with van der Waals surface area (Å²) in [5, 5.41) is 5.31. The number of nitrogens with zero attached hydrogens (tertiary/aromatic N) is 1. The number of amides is 1. The SMILES string of the molecule is COc1ccc2cc(C(C)C(=O)NCCCCCN(C)C)ccc2c1. The second-order valence-corrected chi connectivity index (χ2v) is 6.85. The molecule has 0 aliphatic carbocycles. The highest BCUT2D eigenvalue weighted by atomic mass is 16.5. The molecule has 25 heavy (non-hydrogen) atoms. The first-order chi connectivity index (χ1) is 12.0. The molecule has 1 amide bonds. The van der Waals surface area contributed by atoms with Crippen molar-refractivity contribution in [1.29, 1.82) is 0 Å². The van der Waals surface area contributed by atoms with Crippen LogP contribution in [0.15, 0.2) is 36.4 Å². The Hall–Kier alpha value is -2.07. The molecule has 136 valence electrons. The van der Waals surface area contributed by atoms with Gasteiger partial charge in [-0.1, -0.05) is 30.7 Å². The molecular formula is C21H30N2O2. The Morgan fingerprint density at radius 1 is 1.08 bits per heavy atom. The van der Waals surface area contributed by atoms with Crippen LogP contribution in [-0.2, 0) is 4.79 Å². The van der Waals surface area contributed by atoms with Gasteiger partial charge in [0.2, 0.25) is 5.91 Å². The summed E-state index contributed by atoms with van der Waals surface area (Å²) in [5.41, 5.74) is 1.04. The van der Waals surface area contributed by atoms with Gasteiger partial charge < -0.3 is 15.0 Å². The number of hydrogen-bond donors (Lipinski definition) is 1. The molecule has 0 fully saturated rings. The van der Waals surface area contributed by atoms with Crippen molar-refractivity contribution in [1.82, 2.24) is 10.2 Å². The zero-order chi connectivity index (χ0) is 18.2. The van der Waals surface area contributed by atoms with E-state index in [9.17, 15) is 4.79 Å². The van der Waals surface area contributed by atoms with Crippen molar-refractivity contribution in [2.24, 2.45) is 0 Å². The van der Waals surface area contributed by atoms with Gasteiger partial charge in [-0.3, -0.25) is 4.79 Å². The lowest BCUT2D eigenvalue weighted by Crippen LogP contribution is -2.29. The van der Waals surface area contributed by atoms with E-state index in [0.717, 1.165) is 48.0 Å². The van der Waals surface area contributed by atoms with Crippen LogP contribution in [0.4, 0.5) is 0 Å². The Bertz CT molecular complexity index is 697. The quantitative estimate of drug-likeness (QED) is 0.705. The van der Waals surface area contributed by atoms with E-state index in [1.54, 1.807) is 7.11 Å². The van der Waals surface area contributed by atoms with Crippen molar-refractivity contribution in [3.05, 3.63) is 42.0 Å². The molecule has 0 aliphatic rings. The molecule has 1 atom stereocenters. The van der Waals surface area contributed by atoms with Crippen LogP contribution in [0, 0.1) is 0 Å². The number of nitrogens with one attached hydrogen (secondary N) is 1. The average molecular weight is 342 g/mol. The molecule has 1 unspecified atom stereocenters. The van der Waals surface area contributed by atoms with Gasteiger partial charge in [-0.15, -0.1) is 0 Å². The molecule has 0 radical (unpaired) electrons. The van der Waals surface area contributed by atoms with E-state index in [2.05, 4.69) is 36.4 Å². The second kappa shape index (κ2) is 9.42. The number of rotatable bonds is 9. The maximum atomic E-state index is 12.4. The molecule has 0 aliphatic heterocycles. The minimum Gasteiger partial charge on any atom is -0.497 e. The van der Waals surface area contributed by atoms with Crippen LogP contribution in [0.5, 0.6) is 5.75 Å². The van der Waals surface area contributed by atoms with E-state index in [-0.39, 0.29) is 11.8 Å². The van der Waals surface area contributed by atoms with E-state index in [1.807, 2.05) is 31.2 Å². The van der Waals surface area contributed by atoms with Crippen molar-refractivity contribution in [3.8, 4) is 5.75 Å². The van der Waals surface area contributed by atoms with E-state index in [1.165, 1.54) is 6.42 Å². The molecule has 0 aromatic heterocycles. The molecule has 0 spiro atoms. The number of ether oxygens (including phenoxy) is 1. The zero-order valence-electron chi connectivity index (χ0n) is 15.8. The third-order valence-corrected chi connectivity index (χ3v) is 4.55. The third-order valence-electron chi connectivity index (χ3n) is 4.55. The topological polar surface area (TPSA) is 41.6 Å². The number of hydrogen-bond acceptors (Lipinski definition) is 3. The van der Waals surface area contributed by atoms with Crippen molar-refractivity contribution in [2.75, 3.05) is 34.3 Å². The molecule has 2 rings (SSSR count). The monoisotopic (exact) mass is 342 g/mol. The Kier molecular flexibility index (Phi) is 7.26. The van der Waals surface area contributed by atoms with Gasteiger partial charge >= 0.3 is 0 Å². The summed E-state index contributed by atoms with van der Waals surface area (Å²) < 4.78 is 5.26. The van der Waals surface area contributed by atoms with Crippen molar-refractivity contribution < 1.29 is 9.53 Å². The molecule has 0 heterocycles. The van der Waals surface area contributed by atoms with Crippen LogP contribution in [0.1, 0.15) is 37.7 Å². The average Bonchev–Trinajstić information content (AvgIpc) is 2.62. The van der Waals surface area contributed by atoms with E-state index in [4.69, 9.17) is 4.74 Å². The number of fused-ring (bicyclic) bond motifs is 1.